The van der Waals surface area contributed by atoms with E-state index in [4.69, 9.17) is 11.6 Å². The van der Waals surface area contributed by atoms with Gasteiger partial charge in [-0.25, -0.2) is 0 Å². The minimum Gasteiger partial charge on any atom is -0.340 e. The standard InChI is InChI=1S/C27H27ClF3N3S/c28-22-9-6-20(7-10-22)19-33-16-14-32(15-17-33)12-3-13-34-23-4-1-2-5-25(23)35-26-11-8-21(18-24(26)34)27(29,30)31/h1-2,4-11,18H,3,12-17,19H2. The maximum absolute atomic E-state index is 13.4. The summed E-state index contributed by atoms with van der Waals surface area (Å²) in [5, 5.41) is 0.755. The number of nitrogens with zero attached hydrogens (tertiary/aromatic N) is 3. The predicted octanol–water partition coefficient (Wildman–Crippen LogP) is 7.17. The van der Waals surface area contributed by atoms with Crippen LogP contribution in [0.2, 0.25) is 5.02 Å². The van der Waals surface area contributed by atoms with Gasteiger partial charge in [0.1, 0.15) is 0 Å². The van der Waals surface area contributed by atoms with Gasteiger partial charge >= 0.3 is 6.18 Å². The van der Waals surface area contributed by atoms with Gasteiger partial charge in [-0.1, -0.05) is 47.6 Å². The highest BCUT2D eigenvalue weighted by Gasteiger charge is 2.33. The fourth-order valence-electron chi connectivity index (χ4n) is 4.72. The van der Waals surface area contributed by atoms with Crippen molar-refractivity contribution in [1.29, 1.82) is 0 Å². The van der Waals surface area contributed by atoms with Crippen LogP contribution in [0.3, 0.4) is 0 Å². The van der Waals surface area contributed by atoms with Crippen LogP contribution in [0.1, 0.15) is 17.5 Å². The number of benzene rings is 3. The Bertz CT molecular complexity index is 1160. The van der Waals surface area contributed by atoms with Gasteiger partial charge in [0.25, 0.3) is 0 Å². The molecule has 0 N–H and O–H groups in total. The van der Waals surface area contributed by atoms with Gasteiger partial charge in [0.15, 0.2) is 0 Å². The van der Waals surface area contributed by atoms with Crippen LogP contribution in [0, 0.1) is 0 Å². The molecule has 0 saturated carbocycles. The molecule has 3 nitrogen and oxygen atoms in total. The minimum atomic E-state index is -4.35. The zero-order valence-corrected chi connectivity index (χ0v) is 20.8. The van der Waals surface area contributed by atoms with E-state index in [0.29, 0.717) is 12.2 Å². The van der Waals surface area contributed by atoms with Crippen LogP contribution in [-0.4, -0.2) is 49.1 Å². The number of anilines is 2. The van der Waals surface area contributed by atoms with Gasteiger partial charge in [0.2, 0.25) is 0 Å². The Kier molecular flexibility index (Phi) is 7.30. The van der Waals surface area contributed by atoms with Gasteiger partial charge < -0.3 is 9.80 Å². The Labute approximate surface area is 213 Å². The van der Waals surface area contributed by atoms with E-state index in [2.05, 4.69) is 26.8 Å². The highest BCUT2D eigenvalue weighted by molar-refractivity contribution is 7.99. The fourth-order valence-corrected chi connectivity index (χ4v) is 5.92. The second kappa shape index (κ2) is 10.4. The van der Waals surface area contributed by atoms with E-state index >= 15 is 0 Å². The molecule has 0 spiro atoms. The zero-order valence-electron chi connectivity index (χ0n) is 19.3. The average molecular weight is 518 g/mol. The smallest absolute Gasteiger partial charge is 0.340 e. The molecule has 184 valence electrons. The Morgan fingerprint density at radius 3 is 2.20 bits per heavy atom. The van der Waals surface area contributed by atoms with Gasteiger partial charge in [-0.15, -0.1) is 0 Å². The van der Waals surface area contributed by atoms with Crippen molar-refractivity contribution in [2.75, 3.05) is 44.2 Å². The van der Waals surface area contributed by atoms with Gasteiger partial charge in [0, 0.05) is 54.1 Å². The van der Waals surface area contributed by atoms with Crippen molar-refractivity contribution in [2.24, 2.45) is 0 Å². The lowest BCUT2D eigenvalue weighted by Crippen LogP contribution is -2.46. The van der Waals surface area contributed by atoms with Crippen molar-refractivity contribution in [2.45, 2.75) is 28.9 Å². The third kappa shape index (κ3) is 5.80. The molecule has 0 amide bonds. The van der Waals surface area contributed by atoms with E-state index in [1.807, 2.05) is 36.4 Å². The SMILES string of the molecule is FC(F)(F)c1ccc2c(c1)N(CCCN1CCN(Cc3ccc(Cl)cc3)CC1)c1ccccc1S2. The number of para-hydroxylation sites is 1. The van der Waals surface area contributed by atoms with Gasteiger partial charge in [-0.05, 0) is 61.0 Å². The molecule has 1 fully saturated rings. The van der Waals surface area contributed by atoms with Gasteiger partial charge in [-0.2, -0.15) is 13.2 Å². The van der Waals surface area contributed by atoms with Crippen LogP contribution in [0.15, 0.2) is 76.5 Å². The Morgan fingerprint density at radius 1 is 0.771 bits per heavy atom. The van der Waals surface area contributed by atoms with E-state index in [9.17, 15) is 13.2 Å². The van der Waals surface area contributed by atoms with Crippen LogP contribution in [0.5, 0.6) is 0 Å². The highest BCUT2D eigenvalue weighted by Crippen LogP contribution is 2.49. The molecule has 0 bridgehead atoms. The lowest BCUT2D eigenvalue weighted by Gasteiger charge is -2.36. The first-order valence-electron chi connectivity index (χ1n) is 11.8. The van der Waals surface area contributed by atoms with Crippen LogP contribution in [0.4, 0.5) is 24.5 Å². The van der Waals surface area contributed by atoms with Gasteiger partial charge in [-0.3, -0.25) is 4.90 Å². The summed E-state index contributed by atoms with van der Waals surface area (Å²) < 4.78 is 40.3. The van der Waals surface area contributed by atoms with Crippen molar-refractivity contribution >= 4 is 34.7 Å². The topological polar surface area (TPSA) is 9.72 Å². The fraction of sp³-hybridized carbons (Fsp3) is 0.333. The quantitative estimate of drug-likeness (QED) is 0.343. The Balaban J connectivity index is 1.20. The van der Waals surface area contributed by atoms with Crippen molar-refractivity contribution in [3.63, 3.8) is 0 Å². The molecule has 1 saturated heterocycles. The summed E-state index contributed by atoms with van der Waals surface area (Å²) in [6.45, 7) is 6.52. The number of hydrogen-bond acceptors (Lipinski definition) is 4. The molecule has 3 aromatic rings. The summed E-state index contributed by atoms with van der Waals surface area (Å²) in [6, 6.07) is 20.1. The summed E-state index contributed by atoms with van der Waals surface area (Å²) in [4.78, 5) is 8.92. The third-order valence-corrected chi connectivity index (χ3v) is 7.98. The van der Waals surface area contributed by atoms with E-state index in [-0.39, 0.29) is 0 Å². The number of fused-ring (bicyclic) bond motifs is 2. The van der Waals surface area contributed by atoms with E-state index in [1.165, 1.54) is 29.5 Å². The molecule has 0 radical (unpaired) electrons. The van der Waals surface area contributed by atoms with E-state index in [0.717, 1.165) is 66.2 Å². The first kappa shape index (κ1) is 24.5. The zero-order chi connectivity index (χ0) is 24.4. The second-order valence-electron chi connectivity index (χ2n) is 9.00. The Hall–Kier alpha value is -2.19. The summed E-state index contributed by atoms with van der Waals surface area (Å²) in [6.07, 6.45) is -3.47. The van der Waals surface area contributed by atoms with Crippen molar-refractivity contribution in [1.82, 2.24) is 9.80 Å². The Morgan fingerprint density at radius 2 is 1.46 bits per heavy atom. The molecule has 2 aliphatic heterocycles. The summed E-state index contributed by atoms with van der Waals surface area (Å²) in [5.74, 6) is 0. The minimum absolute atomic E-state index is 0.599. The summed E-state index contributed by atoms with van der Waals surface area (Å²) in [5.41, 5.74) is 2.30. The van der Waals surface area contributed by atoms with Crippen molar-refractivity contribution < 1.29 is 13.2 Å². The molecule has 0 aromatic heterocycles. The molecule has 2 heterocycles. The molecule has 2 aliphatic rings. The van der Waals surface area contributed by atoms with Crippen LogP contribution in [0.25, 0.3) is 0 Å². The van der Waals surface area contributed by atoms with Gasteiger partial charge in [0.05, 0.1) is 16.9 Å². The molecule has 5 rings (SSSR count). The number of piperazine rings is 1. The molecule has 0 unspecified atom stereocenters. The molecule has 8 heteroatoms. The molecular weight excluding hydrogens is 491 g/mol. The summed E-state index contributed by atoms with van der Waals surface area (Å²) in [7, 11) is 0. The predicted molar refractivity (Wildman–Crippen MR) is 137 cm³/mol. The van der Waals surface area contributed by atoms with Crippen molar-refractivity contribution in [3.8, 4) is 0 Å². The molecule has 0 aliphatic carbocycles. The molecule has 3 aromatic carbocycles. The maximum atomic E-state index is 13.4. The number of halogens is 4. The third-order valence-electron chi connectivity index (χ3n) is 6.59. The average Bonchev–Trinajstić information content (AvgIpc) is 2.85. The summed E-state index contributed by atoms with van der Waals surface area (Å²) >= 11 is 7.52. The molecule has 35 heavy (non-hydrogen) atoms. The van der Waals surface area contributed by atoms with E-state index in [1.54, 1.807) is 6.07 Å². The maximum Gasteiger partial charge on any atom is 0.416 e. The van der Waals surface area contributed by atoms with Crippen LogP contribution < -0.4 is 4.90 Å². The largest absolute Gasteiger partial charge is 0.416 e. The van der Waals surface area contributed by atoms with Crippen LogP contribution >= 0.6 is 23.4 Å². The lowest BCUT2D eigenvalue weighted by molar-refractivity contribution is -0.137. The van der Waals surface area contributed by atoms with Crippen LogP contribution in [-0.2, 0) is 12.7 Å². The lowest BCUT2D eigenvalue weighted by atomic mass is 10.1. The monoisotopic (exact) mass is 517 g/mol. The second-order valence-corrected chi connectivity index (χ2v) is 10.5. The molecule has 0 atom stereocenters. The number of alkyl halides is 3. The highest BCUT2D eigenvalue weighted by atomic mass is 35.5. The first-order valence-corrected chi connectivity index (χ1v) is 13.0. The normalized spacial score (nSPS) is 16.7. The van der Waals surface area contributed by atoms with Crippen molar-refractivity contribution in [3.05, 3.63) is 82.9 Å². The van der Waals surface area contributed by atoms with E-state index < -0.39 is 11.7 Å². The molecular formula is C27H27ClF3N3S. The number of rotatable bonds is 6. The number of hydrogen-bond donors (Lipinski definition) is 0. The first-order chi connectivity index (χ1) is 16.9.